The molecule has 0 amide bonds. The molecule has 24 heavy (non-hydrogen) atoms. The molecule has 0 atom stereocenters. The fourth-order valence-corrected chi connectivity index (χ4v) is 2.99. The summed E-state index contributed by atoms with van der Waals surface area (Å²) in [7, 11) is -0.345. The van der Waals surface area contributed by atoms with E-state index in [-0.39, 0.29) is 11.0 Å². The van der Waals surface area contributed by atoms with Crippen molar-refractivity contribution < 1.29 is 18.7 Å². The minimum Gasteiger partial charge on any atom is -0.541 e. The molecule has 1 aromatic carbocycles. The van der Waals surface area contributed by atoms with Crippen molar-refractivity contribution in [3.63, 3.8) is 0 Å². The molecule has 0 radical (unpaired) electrons. The molecule has 0 saturated heterocycles. The van der Waals surface area contributed by atoms with Crippen molar-refractivity contribution in [1.82, 2.24) is 0 Å². The fourth-order valence-electron chi connectivity index (χ4n) is 1.98. The Kier molecular flexibility index (Phi) is 6.66. The van der Waals surface area contributed by atoms with Crippen molar-refractivity contribution >= 4 is 20.4 Å². The van der Waals surface area contributed by atoms with Crippen LogP contribution in [0.2, 0.25) is 18.1 Å². The molecule has 5 heteroatoms. The van der Waals surface area contributed by atoms with E-state index in [1.807, 2.05) is 19.1 Å². The van der Waals surface area contributed by atoms with E-state index in [9.17, 15) is 4.79 Å². The van der Waals surface area contributed by atoms with Gasteiger partial charge in [0, 0.05) is 6.08 Å². The quantitative estimate of drug-likeness (QED) is 0.413. The maximum atomic E-state index is 11.5. The van der Waals surface area contributed by atoms with Gasteiger partial charge in [0.1, 0.15) is 5.75 Å². The summed E-state index contributed by atoms with van der Waals surface area (Å²) in [6, 6.07) is 3.88. The zero-order valence-electron chi connectivity index (χ0n) is 16.1. The van der Waals surface area contributed by atoms with E-state index >= 15 is 0 Å². The third-order valence-corrected chi connectivity index (χ3v) is 8.68. The fraction of sp³-hybridized carbons (Fsp3) is 0.526. The average molecular weight is 351 g/mol. The van der Waals surface area contributed by atoms with Crippen LogP contribution in [0.4, 0.5) is 0 Å². The highest BCUT2D eigenvalue weighted by atomic mass is 28.4. The second-order valence-corrected chi connectivity index (χ2v) is 12.0. The molecule has 0 N–H and O–H groups in total. The molecule has 0 fully saturated rings. The lowest BCUT2D eigenvalue weighted by Crippen LogP contribution is -2.44. The Morgan fingerprint density at radius 2 is 1.88 bits per heavy atom. The number of benzene rings is 1. The molecule has 0 saturated carbocycles. The largest absolute Gasteiger partial charge is 0.541 e. The van der Waals surface area contributed by atoms with Gasteiger partial charge >= 0.3 is 5.97 Å². The van der Waals surface area contributed by atoms with Crippen molar-refractivity contribution in [2.24, 2.45) is 0 Å². The van der Waals surface area contributed by atoms with Gasteiger partial charge in [0.15, 0.2) is 5.75 Å². The highest BCUT2D eigenvalue weighted by molar-refractivity contribution is 6.74. The Hall–Kier alpha value is -1.75. The Morgan fingerprint density at radius 1 is 1.25 bits per heavy atom. The van der Waals surface area contributed by atoms with E-state index in [1.165, 1.54) is 6.08 Å². The molecule has 0 unspecified atom stereocenters. The molecule has 1 rings (SSSR count). The summed E-state index contributed by atoms with van der Waals surface area (Å²) < 4.78 is 16.9. The maximum Gasteiger partial charge on any atom is 0.330 e. The summed E-state index contributed by atoms with van der Waals surface area (Å²) >= 11 is 0. The van der Waals surface area contributed by atoms with Crippen molar-refractivity contribution in [2.45, 2.75) is 52.8 Å². The number of hydrogen-bond donors (Lipinski definition) is 0. The number of aryl methyl sites for hydroxylation is 1. The van der Waals surface area contributed by atoms with Gasteiger partial charge < -0.3 is 13.9 Å². The summed E-state index contributed by atoms with van der Waals surface area (Å²) in [5.74, 6) is 1.12. The van der Waals surface area contributed by atoms with Crippen molar-refractivity contribution in [1.29, 1.82) is 0 Å². The number of esters is 1. The number of carbonyl (C=O) groups excluding carboxylic acids is 1. The van der Waals surface area contributed by atoms with E-state index in [2.05, 4.69) is 33.9 Å². The van der Waals surface area contributed by atoms with Crippen LogP contribution in [0, 0.1) is 6.92 Å². The molecule has 1 aromatic rings. The lowest BCUT2D eigenvalue weighted by Gasteiger charge is -2.37. The SMILES string of the molecule is CCOC(=O)/C=C/c1cc(C)c(OC)c(O[Si](C)(C)C(C)(C)C)c1. The zero-order valence-corrected chi connectivity index (χ0v) is 17.1. The van der Waals surface area contributed by atoms with Crippen LogP contribution in [0.25, 0.3) is 6.08 Å². The van der Waals surface area contributed by atoms with Crippen LogP contribution in [0.3, 0.4) is 0 Å². The molecular weight excluding hydrogens is 320 g/mol. The number of methoxy groups -OCH3 is 1. The first-order chi connectivity index (χ1) is 11.0. The summed E-state index contributed by atoms with van der Waals surface area (Å²) in [6.45, 7) is 15.1. The zero-order chi connectivity index (χ0) is 18.5. The maximum absolute atomic E-state index is 11.5. The van der Waals surface area contributed by atoms with E-state index in [0.717, 1.165) is 22.6 Å². The topological polar surface area (TPSA) is 44.8 Å². The molecule has 0 aromatic heterocycles. The Bertz CT molecular complexity index is 613. The molecule has 0 heterocycles. The Balaban J connectivity index is 3.21. The van der Waals surface area contributed by atoms with E-state index in [4.69, 9.17) is 13.9 Å². The van der Waals surface area contributed by atoms with Crippen LogP contribution in [0.15, 0.2) is 18.2 Å². The van der Waals surface area contributed by atoms with Crippen LogP contribution in [0.5, 0.6) is 11.5 Å². The third kappa shape index (κ3) is 5.13. The second-order valence-electron chi connectivity index (χ2n) is 7.32. The van der Waals surface area contributed by atoms with Crippen LogP contribution < -0.4 is 9.16 Å². The Labute approximate surface area is 146 Å². The summed E-state index contributed by atoms with van der Waals surface area (Å²) in [5, 5.41) is 0.0860. The molecule has 0 aliphatic rings. The summed E-state index contributed by atoms with van der Waals surface area (Å²) in [5.41, 5.74) is 1.85. The highest BCUT2D eigenvalue weighted by Crippen LogP contribution is 2.41. The van der Waals surface area contributed by atoms with Gasteiger partial charge in [-0.1, -0.05) is 20.8 Å². The van der Waals surface area contributed by atoms with Gasteiger partial charge in [-0.15, -0.1) is 0 Å². The number of rotatable bonds is 6. The predicted octanol–water partition coefficient (Wildman–Crippen LogP) is 4.96. The van der Waals surface area contributed by atoms with Crippen LogP contribution >= 0.6 is 0 Å². The van der Waals surface area contributed by atoms with Crippen molar-refractivity contribution in [2.75, 3.05) is 13.7 Å². The normalized spacial score (nSPS) is 12.3. The molecule has 0 aliphatic carbocycles. The third-order valence-electron chi connectivity index (χ3n) is 4.34. The summed E-state index contributed by atoms with van der Waals surface area (Å²) in [4.78, 5) is 11.5. The van der Waals surface area contributed by atoms with E-state index < -0.39 is 8.32 Å². The average Bonchev–Trinajstić information content (AvgIpc) is 2.43. The van der Waals surface area contributed by atoms with Gasteiger partial charge in [0.05, 0.1) is 13.7 Å². The van der Waals surface area contributed by atoms with Crippen molar-refractivity contribution in [3.05, 3.63) is 29.3 Å². The first kappa shape index (κ1) is 20.3. The van der Waals surface area contributed by atoms with Crippen LogP contribution in [-0.2, 0) is 9.53 Å². The minimum absolute atomic E-state index is 0.0860. The van der Waals surface area contributed by atoms with Crippen LogP contribution in [-0.4, -0.2) is 28.0 Å². The first-order valence-corrected chi connectivity index (χ1v) is 11.1. The number of hydrogen-bond acceptors (Lipinski definition) is 4. The van der Waals surface area contributed by atoms with Gasteiger partial charge in [0.2, 0.25) is 0 Å². The van der Waals surface area contributed by atoms with Gasteiger partial charge in [-0.25, -0.2) is 4.79 Å². The molecule has 0 spiro atoms. The lowest BCUT2D eigenvalue weighted by atomic mass is 10.1. The van der Waals surface area contributed by atoms with E-state index in [0.29, 0.717) is 6.61 Å². The second kappa shape index (κ2) is 7.88. The van der Waals surface area contributed by atoms with Gasteiger partial charge in [-0.2, -0.15) is 0 Å². The molecule has 0 aliphatic heterocycles. The van der Waals surface area contributed by atoms with E-state index in [1.54, 1.807) is 20.1 Å². The molecule has 134 valence electrons. The predicted molar refractivity (Wildman–Crippen MR) is 101 cm³/mol. The van der Waals surface area contributed by atoms with Gasteiger partial charge in [-0.3, -0.25) is 0 Å². The van der Waals surface area contributed by atoms with Crippen molar-refractivity contribution in [3.8, 4) is 11.5 Å². The number of carbonyl (C=O) groups is 1. The Morgan fingerprint density at radius 3 is 2.38 bits per heavy atom. The minimum atomic E-state index is -1.99. The standard InChI is InChI=1S/C19H30O4Si/c1-9-22-17(20)11-10-15-12-14(2)18(21-6)16(13-15)23-24(7,8)19(3,4)5/h10-13H,9H2,1-8H3/b11-10+. The molecule has 4 nitrogen and oxygen atoms in total. The lowest BCUT2D eigenvalue weighted by molar-refractivity contribution is -0.137. The first-order valence-electron chi connectivity index (χ1n) is 8.24. The summed E-state index contributed by atoms with van der Waals surface area (Å²) in [6.07, 6.45) is 3.17. The van der Waals surface area contributed by atoms with Gasteiger partial charge in [-0.05, 0) is 61.3 Å². The van der Waals surface area contributed by atoms with Crippen LogP contribution in [0.1, 0.15) is 38.8 Å². The highest BCUT2D eigenvalue weighted by Gasteiger charge is 2.39. The smallest absolute Gasteiger partial charge is 0.330 e. The van der Waals surface area contributed by atoms with Gasteiger partial charge in [0.25, 0.3) is 8.32 Å². The monoisotopic (exact) mass is 350 g/mol. The molecule has 0 bridgehead atoms. The molecular formula is C19H30O4Si. The number of ether oxygens (including phenoxy) is 2.